The summed E-state index contributed by atoms with van der Waals surface area (Å²) in [5.74, 6) is 0.854. The van der Waals surface area contributed by atoms with Crippen LogP contribution in [0.1, 0.15) is 30.1 Å². The molecule has 4 rings (SSSR count). The summed E-state index contributed by atoms with van der Waals surface area (Å²) in [6.07, 6.45) is 6.89. The maximum Gasteiger partial charge on any atom is 0.256 e. The van der Waals surface area contributed by atoms with Crippen molar-refractivity contribution in [3.8, 4) is 11.6 Å². The molecule has 0 bridgehead atoms. The molecule has 0 spiro atoms. The predicted octanol–water partition coefficient (Wildman–Crippen LogP) is 3.74. The molecular formula is C21H22BrN5O2. The number of likely N-dealkylation sites (tertiary alicyclic amines) is 1. The zero-order chi connectivity index (χ0) is 20.2. The molecule has 3 aromatic rings. The first-order valence-corrected chi connectivity index (χ1v) is 10.4. The van der Waals surface area contributed by atoms with E-state index in [4.69, 9.17) is 4.74 Å². The number of nitrogens with zero attached hydrogens (tertiary/aromatic N) is 5. The second-order valence-electron chi connectivity index (χ2n) is 7.21. The second-order valence-corrected chi connectivity index (χ2v) is 8.13. The minimum Gasteiger partial charge on any atom is -0.477 e. The van der Waals surface area contributed by atoms with Gasteiger partial charge in [-0.25, -0.2) is 4.98 Å². The molecule has 29 heavy (non-hydrogen) atoms. The van der Waals surface area contributed by atoms with Gasteiger partial charge in [-0.3, -0.25) is 4.79 Å². The van der Waals surface area contributed by atoms with Crippen molar-refractivity contribution in [1.82, 2.24) is 24.9 Å². The lowest BCUT2D eigenvalue weighted by Gasteiger charge is -2.38. The minimum atomic E-state index is -0.00290. The molecule has 1 aromatic carbocycles. The number of ether oxygens (including phenoxy) is 1. The Morgan fingerprint density at radius 1 is 1.17 bits per heavy atom. The molecule has 0 unspecified atom stereocenters. The number of para-hydroxylation sites is 1. The number of aromatic nitrogens is 4. The molecule has 2 atom stereocenters. The van der Waals surface area contributed by atoms with Gasteiger partial charge in [-0.2, -0.15) is 15.0 Å². The number of carbonyl (C=O) groups is 1. The van der Waals surface area contributed by atoms with Gasteiger partial charge in [-0.1, -0.05) is 12.1 Å². The highest BCUT2D eigenvalue weighted by molar-refractivity contribution is 9.10. The van der Waals surface area contributed by atoms with Gasteiger partial charge in [0.1, 0.15) is 0 Å². The zero-order valence-electron chi connectivity index (χ0n) is 16.1. The van der Waals surface area contributed by atoms with E-state index in [9.17, 15) is 4.79 Å². The van der Waals surface area contributed by atoms with Crippen LogP contribution < -0.4 is 4.74 Å². The molecular weight excluding hydrogens is 434 g/mol. The molecule has 3 heterocycles. The van der Waals surface area contributed by atoms with Gasteiger partial charge in [0.15, 0.2) is 0 Å². The van der Waals surface area contributed by atoms with Crippen molar-refractivity contribution in [3.63, 3.8) is 0 Å². The maximum atomic E-state index is 13.4. The Morgan fingerprint density at radius 3 is 2.72 bits per heavy atom. The van der Waals surface area contributed by atoms with Gasteiger partial charge in [0.25, 0.3) is 5.91 Å². The molecule has 1 aliphatic rings. The molecule has 0 N–H and O–H groups in total. The average molecular weight is 456 g/mol. The van der Waals surface area contributed by atoms with Crippen molar-refractivity contribution in [1.29, 1.82) is 0 Å². The number of pyridine rings is 1. The minimum absolute atomic E-state index is 0.00290. The molecule has 7 nitrogen and oxygen atoms in total. The fourth-order valence-electron chi connectivity index (χ4n) is 3.58. The van der Waals surface area contributed by atoms with E-state index < -0.39 is 0 Å². The van der Waals surface area contributed by atoms with Crippen molar-refractivity contribution < 1.29 is 9.53 Å². The number of amides is 1. The van der Waals surface area contributed by atoms with Crippen LogP contribution in [-0.2, 0) is 0 Å². The Hall–Kier alpha value is -2.74. The van der Waals surface area contributed by atoms with E-state index in [0.29, 0.717) is 30.3 Å². The quantitative estimate of drug-likeness (QED) is 0.585. The van der Waals surface area contributed by atoms with Gasteiger partial charge >= 0.3 is 0 Å². The third-order valence-electron chi connectivity index (χ3n) is 5.18. The number of hydrogen-bond donors (Lipinski definition) is 0. The number of piperidine rings is 1. The van der Waals surface area contributed by atoms with Crippen LogP contribution in [0.25, 0.3) is 5.69 Å². The molecule has 1 saturated heterocycles. The highest BCUT2D eigenvalue weighted by Crippen LogP contribution is 2.26. The number of hydrogen-bond acceptors (Lipinski definition) is 5. The smallest absolute Gasteiger partial charge is 0.256 e. The van der Waals surface area contributed by atoms with Gasteiger partial charge in [0, 0.05) is 35.2 Å². The molecule has 1 fully saturated rings. The third-order valence-corrected chi connectivity index (χ3v) is 5.65. The number of benzene rings is 1. The summed E-state index contributed by atoms with van der Waals surface area (Å²) in [7, 11) is 0. The van der Waals surface area contributed by atoms with Crippen LogP contribution in [0.5, 0.6) is 5.88 Å². The Labute approximate surface area is 177 Å². The topological polar surface area (TPSA) is 73.1 Å². The highest BCUT2D eigenvalue weighted by atomic mass is 79.9. The lowest BCUT2D eigenvalue weighted by molar-refractivity contribution is 0.0502. The fraction of sp³-hybridized carbons (Fsp3) is 0.333. The number of halogens is 1. The normalized spacial score (nSPS) is 19.2. The number of carbonyl (C=O) groups excluding carboxylic acids is 1. The SMILES string of the molecule is C[C@@H]1CC[C@@H](COc2ccc(Br)cn2)CN1C(=O)c1ccccc1-n1nccn1. The average Bonchev–Trinajstić information content (AvgIpc) is 3.28. The molecule has 1 amide bonds. The summed E-state index contributed by atoms with van der Waals surface area (Å²) in [6, 6.07) is 11.4. The van der Waals surface area contributed by atoms with E-state index in [1.54, 1.807) is 18.6 Å². The van der Waals surface area contributed by atoms with Crippen LogP contribution in [-0.4, -0.2) is 50.0 Å². The van der Waals surface area contributed by atoms with E-state index >= 15 is 0 Å². The second kappa shape index (κ2) is 8.73. The molecule has 150 valence electrons. The van der Waals surface area contributed by atoms with Crippen molar-refractivity contribution in [2.75, 3.05) is 13.2 Å². The monoisotopic (exact) mass is 455 g/mol. The summed E-state index contributed by atoms with van der Waals surface area (Å²) in [5.41, 5.74) is 1.29. The van der Waals surface area contributed by atoms with E-state index in [1.807, 2.05) is 41.3 Å². The summed E-state index contributed by atoms with van der Waals surface area (Å²) in [6.45, 7) is 3.28. The maximum absolute atomic E-state index is 13.4. The lowest BCUT2D eigenvalue weighted by Crippen LogP contribution is -2.47. The first-order chi connectivity index (χ1) is 14.1. The Bertz CT molecular complexity index is 961. The van der Waals surface area contributed by atoms with E-state index in [0.717, 1.165) is 17.3 Å². The molecule has 0 aliphatic carbocycles. The lowest BCUT2D eigenvalue weighted by atomic mass is 9.93. The molecule has 0 radical (unpaired) electrons. The van der Waals surface area contributed by atoms with Crippen molar-refractivity contribution >= 4 is 21.8 Å². The van der Waals surface area contributed by atoms with E-state index in [-0.39, 0.29) is 17.9 Å². The largest absolute Gasteiger partial charge is 0.477 e. The van der Waals surface area contributed by atoms with Crippen LogP contribution >= 0.6 is 15.9 Å². The molecule has 8 heteroatoms. The number of rotatable bonds is 5. The van der Waals surface area contributed by atoms with Crippen LogP contribution in [0, 0.1) is 5.92 Å². The first kappa shape index (κ1) is 19.6. The van der Waals surface area contributed by atoms with Gasteiger partial charge in [0.05, 0.1) is 30.3 Å². The fourth-order valence-corrected chi connectivity index (χ4v) is 3.81. The van der Waals surface area contributed by atoms with Crippen LogP contribution in [0.3, 0.4) is 0 Å². The van der Waals surface area contributed by atoms with E-state index in [2.05, 4.69) is 38.0 Å². The molecule has 2 aromatic heterocycles. The van der Waals surface area contributed by atoms with Gasteiger partial charge in [-0.05, 0) is 53.9 Å². The summed E-state index contributed by atoms with van der Waals surface area (Å²) < 4.78 is 6.77. The van der Waals surface area contributed by atoms with Gasteiger partial charge in [-0.15, -0.1) is 0 Å². The van der Waals surface area contributed by atoms with Crippen molar-refractivity contribution in [2.45, 2.75) is 25.8 Å². The van der Waals surface area contributed by atoms with Crippen LogP contribution in [0.2, 0.25) is 0 Å². The van der Waals surface area contributed by atoms with Crippen molar-refractivity contribution in [2.24, 2.45) is 5.92 Å². The van der Waals surface area contributed by atoms with Gasteiger partial charge < -0.3 is 9.64 Å². The molecule has 0 saturated carbocycles. The predicted molar refractivity (Wildman–Crippen MR) is 112 cm³/mol. The van der Waals surface area contributed by atoms with Gasteiger partial charge in [0.2, 0.25) is 5.88 Å². The molecule has 1 aliphatic heterocycles. The summed E-state index contributed by atoms with van der Waals surface area (Å²) >= 11 is 3.37. The Morgan fingerprint density at radius 2 is 1.97 bits per heavy atom. The zero-order valence-corrected chi connectivity index (χ0v) is 17.7. The Kier molecular flexibility index (Phi) is 5.89. The Balaban J connectivity index is 1.47. The van der Waals surface area contributed by atoms with Crippen LogP contribution in [0.15, 0.2) is 59.5 Å². The first-order valence-electron chi connectivity index (χ1n) is 9.63. The summed E-state index contributed by atoms with van der Waals surface area (Å²) in [5, 5.41) is 8.36. The van der Waals surface area contributed by atoms with Crippen molar-refractivity contribution in [3.05, 3.63) is 65.0 Å². The summed E-state index contributed by atoms with van der Waals surface area (Å²) in [4.78, 5) is 21.1. The third kappa shape index (κ3) is 4.48. The van der Waals surface area contributed by atoms with E-state index in [1.165, 1.54) is 4.80 Å². The van der Waals surface area contributed by atoms with Crippen LogP contribution in [0.4, 0.5) is 0 Å². The standard InChI is InChI=1S/C21H22BrN5O2/c1-15-6-7-16(14-29-20-9-8-17(22)12-23-20)13-26(15)21(28)18-4-2-3-5-19(18)27-24-10-11-25-27/h2-5,8-12,15-16H,6-7,13-14H2,1H3/t15-,16-/m1/s1. The highest BCUT2D eigenvalue weighted by Gasteiger charge is 2.31.